The van der Waals surface area contributed by atoms with Gasteiger partial charge >= 0.3 is 5.97 Å². The summed E-state index contributed by atoms with van der Waals surface area (Å²) in [4.78, 5) is 27.7. The fourth-order valence-corrected chi connectivity index (χ4v) is 5.45. The molecule has 1 unspecified atom stereocenters. The van der Waals surface area contributed by atoms with Gasteiger partial charge in [0.25, 0.3) is 5.91 Å². The second-order valence-corrected chi connectivity index (χ2v) is 7.64. The van der Waals surface area contributed by atoms with E-state index in [2.05, 4.69) is 0 Å². The lowest BCUT2D eigenvalue weighted by Crippen LogP contribution is -2.64. The van der Waals surface area contributed by atoms with Crippen molar-refractivity contribution in [1.29, 1.82) is 0 Å². The number of carbonyl (C=O) groups excluding carboxylic acids is 1. The number of amides is 1. The van der Waals surface area contributed by atoms with Crippen molar-refractivity contribution in [2.45, 2.75) is 75.3 Å². The summed E-state index contributed by atoms with van der Waals surface area (Å²) in [6, 6.07) is 7.59. The lowest BCUT2D eigenvalue weighted by Gasteiger charge is -2.55. The average molecular weight is 327 g/mol. The van der Waals surface area contributed by atoms with E-state index in [4.69, 9.17) is 0 Å². The van der Waals surface area contributed by atoms with Gasteiger partial charge in [0.2, 0.25) is 0 Å². The van der Waals surface area contributed by atoms with E-state index in [1.807, 2.05) is 29.2 Å². The van der Waals surface area contributed by atoms with Crippen LogP contribution in [0, 0.1) is 0 Å². The SMILES string of the molecule is O=C(O)C1c2ccccc2C(=O)N(C2CCCC2)C12CCCCC2. The van der Waals surface area contributed by atoms with Gasteiger partial charge in [0.1, 0.15) is 5.92 Å². The Balaban J connectivity index is 1.90. The summed E-state index contributed by atoms with van der Waals surface area (Å²) in [5.41, 5.74) is 0.809. The predicted octanol–water partition coefficient (Wildman–Crippen LogP) is 3.96. The van der Waals surface area contributed by atoms with E-state index in [0.29, 0.717) is 5.56 Å². The van der Waals surface area contributed by atoms with Crippen LogP contribution in [0.3, 0.4) is 0 Å². The Morgan fingerprint density at radius 3 is 2.38 bits per heavy atom. The van der Waals surface area contributed by atoms with Gasteiger partial charge in [-0.1, -0.05) is 50.3 Å². The van der Waals surface area contributed by atoms with Crippen LogP contribution < -0.4 is 0 Å². The van der Waals surface area contributed by atoms with E-state index < -0.39 is 17.4 Å². The Morgan fingerprint density at radius 2 is 1.71 bits per heavy atom. The molecule has 24 heavy (non-hydrogen) atoms. The molecule has 1 aromatic rings. The number of carboxylic acids is 1. The Bertz CT molecular complexity index is 657. The maximum absolute atomic E-state index is 13.4. The summed E-state index contributed by atoms with van der Waals surface area (Å²) < 4.78 is 0. The molecule has 1 aliphatic heterocycles. The quantitative estimate of drug-likeness (QED) is 0.894. The third kappa shape index (κ3) is 2.19. The highest BCUT2D eigenvalue weighted by molar-refractivity contribution is 6.01. The Morgan fingerprint density at radius 1 is 1.04 bits per heavy atom. The molecular formula is C20H25NO3. The number of carbonyl (C=O) groups is 2. The Labute approximate surface area is 142 Å². The van der Waals surface area contributed by atoms with Crippen LogP contribution in [-0.4, -0.2) is 33.5 Å². The minimum Gasteiger partial charge on any atom is -0.481 e. The maximum atomic E-state index is 13.4. The summed E-state index contributed by atoms with van der Waals surface area (Å²) in [5.74, 6) is -1.30. The molecular weight excluding hydrogens is 302 g/mol. The molecule has 1 spiro atoms. The van der Waals surface area contributed by atoms with Crippen molar-refractivity contribution in [1.82, 2.24) is 4.90 Å². The van der Waals surface area contributed by atoms with Crippen molar-refractivity contribution in [3.63, 3.8) is 0 Å². The molecule has 0 bridgehead atoms. The van der Waals surface area contributed by atoms with Crippen LogP contribution in [0.2, 0.25) is 0 Å². The number of hydrogen-bond acceptors (Lipinski definition) is 2. The number of aliphatic carboxylic acids is 1. The molecule has 0 aromatic heterocycles. The van der Waals surface area contributed by atoms with Gasteiger partial charge in [-0.25, -0.2) is 0 Å². The molecule has 128 valence electrons. The van der Waals surface area contributed by atoms with Gasteiger partial charge in [-0.05, 0) is 37.3 Å². The van der Waals surface area contributed by atoms with Crippen LogP contribution in [0.25, 0.3) is 0 Å². The summed E-state index contributed by atoms with van der Waals surface area (Å²) in [6.07, 6.45) is 9.13. The van der Waals surface area contributed by atoms with Crippen molar-refractivity contribution in [2.75, 3.05) is 0 Å². The number of hydrogen-bond donors (Lipinski definition) is 1. The molecule has 4 rings (SSSR count). The Kier molecular flexibility index (Phi) is 3.86. The van der Waals surface area contributed by atoms with Crippen LogP contribution in [0.1, 0.15) is 79.6 Å². The second kappa shape index (κ2) is 5.91. The third-order valence-corrected chi connectivity index (χ3v) is 6.39. The molecule has 1 atom stereocenters. The molecule has 2 saturated carbocycles. The van der Waals surface area contributed by atoms with E-state index in [1.165, 1.54) is 0 Å². The molecule has 0 radical (unpaired) electrons. The van der Waals surface area contributed by atoms with Crippen LogP contribution >= 0.6 is 0 Å². The first-order chi connectivity index (χ1) is 11.6. The number of benzene rings is 1. The Hall–Kier alpha value is -1.84. The van der Waals surface area contributed by atoms with Crippen LogP contribution in [0.4, 0.5) is 0 Å². The largest absolute Gasteiger partial charge is 0.481 e. The van der Waals surface area contributed by atoms with Crippen LogP contribution in [0.15, 0.2) is 24.3 Å². The lowest BCUT2D eigenvalue weighted by atomic mass is 9.65. The molecule has 1 amide bonds. The van der Waals surface area contributed by atoms with Crippen LogP contribution in [0.5, 0.6) is 0 Å². The standard InChI is InChI=1S/C20H25NO3/c22-18-16-11-5-4-10-15(16)17(19(23)24)20(12-6-1-7-13-20)21(18)14-8-2-3-9-14/h4-5,10-11,14,17H,1-3,6-9,12-13H2,(H,23,24). The number of rotatable bonds is 2. The van der Waals surface area contributed by atoms with E-state index in [1.54, 1.807) is 0 Å². The number of nitrogens with zero attached hydrogens (tertiary/aromatic N) is 1. The maximum Gasteiger partial charge on any atom is 0.313 e. The zero-order valence-electron chi connectivity index (χ0n) is 14.0. The molecule has 2 aliphatic carbocycles. The molecule has 1 N–H and O–H groups in total. The first kappa shape index (κ1) is 15.7. The molecule has 3 aliphatic rings. The minimum absolute atomic E-state index is 0.0666. The normalized spacial score (nSPS) is 26.6. The zero-order chi connectivity index (χ0) is 16.7. The number of carboxylic acid groups (broad SMARTS) is 1. The molecule has 1 aromatic carbocycles. The summed E-state index contributed by atoms with van der Waals surface area (Å²) in [6.45, 7) is 0. The fraction of sp³-hybridized carbons (Fsp3) is 0.600. The second-order valence-electron chi connectivity index (χ2n) is 7.64. The van der Waals surface area contributed by atoms with Gasteiger partial charge in [-0.15, -0.1) is 0 Å². The highest BCUT2D eigenvalue weighted by Crippen LogP contribution is 2.51. The van der Waals surface area contributed by atoms with Crippen LogP contribution in [-0.2, 0) is 4.79 Å². The lowest BCUT2D eigenvalue weighted by molar-refractivity contribution is -0.144. The predicted molar refractivity (Wildman–Crippen MR) is 91.1 cm³/mol. The molecule has 4 nitrogen and oxygen atoms in total. The van der Waals surface area contributed by atoms with Gasteiger partial charge in [0, 0.05) is 11.6 Å². The van der Waals surface area contributed by atoms with E-state index in [-0.39, 0.29) is 11.9 Å². The first-order valence-corrected chi connectivity index (χ1v) is 9.30. The summed E-state index contributed by atoms with van der Waals surface area (Å²) in [5, 5.41) is 10.1. The van der Waals surface area contributed by atoms with Gasteiger partial charge in [-0.2, -0.15) is 0 Å². The van der Waals surface area contributed by atoms with Gasteiger partial charge in [0.15, 0.2) is 0 Å². The monoisotopic (exact) mass is 327 g/mol. The van der Waals surface area contributed by atoms with Crippen molar-refractivity contribution >= 4 is 11.9 Å². The average Bonchev–Trinajstić information content (AvgIpc) is 3.09. The van der Waals surface area contributed by atoms with Gasteiger partial charge in [-0.3, -0.25) is 9.59 Å². The first-order valence-electron chi connectivity index (χ1n) is 9.30. The molecule has 1 heterocycles. The fourth-order valence-electron chi connectivity index (χ4n) is 5.45. The van der Waals surface area contributed by atoms with Crippen molar-refractivity contribution in [3.05, 3.63) is 35.4 Å². The summed E-state index contributed by atoms with van der Waals surface area (Å²) in [7, 11) is 0. The summed E-state index contributed by atoms with van der Waals surface area (Å²) >= 11 is 0. The van der Waals surface area contributed by atoms with Crippen molar-refractivity contribution < 1.29 is 14.7 Å². The topological polar surface area (TPSA) is 57.6 Å². The van der Waals surface area contributed by atoms with Crippen molar-refractivity contribution in [2.24, 2.45) is 0 Å². The number of fused-ring (bicyclic) bond motifs is 1. The van der Waals surface area contributed by atoms with E-state index in [9.17, 15) is 14.7 Å². The van der Waals surface area contributed by atoms with E-state index >= 15 is 0 Å². The highest BCUT2D eigenvalue weighted by Gasteiger charge is 2.56. The smallest absolute Gasteiger partial charge is 0.313 e. The van der Waals surface area contributed by atoms with Crippen molar-refractivity contribution in [3.8, 4) is 0 Å². The minimum atomic E-state index is -0.778. The molecule has 4 heteroatoms. The van der Waals surface area contributed by atoms with Gasteiger partial charge < -0.3 is 10.0 Å². The molecule has 0 saturated heterocycles. The zero-order valence-corrected chi connectivity index (χ0v) is 14.0. The van der Waals surface area contributed by atoms with Gasteiger partial charge in [0.05, 0.1) is 5.54 Å². The highest BCUT2D eigenvalue weighted by atomic mass is 16.4. The van der Waals surface area contributed by atoms with E-state index in [0.717, 1.165) is 63.4 Å². The molecule has 2 fully saturated rings. The third-order valence-electron chi connectivity index (χ3n) is 6.39.